The molecule has 2 aliphatic carbocycles. The summed E-state index contributed by atoms with van der Waals surface area (Å²) in [5.74, 6) is 0.216. The third kappa shape index (κ3) is 3.07. The number of benzene rings is 1. The average Bonchev–Trinajstić information content (AvgIpc) is 3.11. The fraction of sp³-hybridized carbons (Fsp3) is 0.720. The lowest BCUT2D eigenvalue weighted by Crippen LogP contribution is -2.78. The molecule has 6 atom stereocenters. The number of aliphatic hydroxyl groups excluding tert-OH is 1. The molecule has 1 aromatic carbocycles. The molecular formula is C25H36N2O6. The number of phenolic OH excluding ortho intramolecular Hbond substituents is 1. The highest BCUT2D eigenvalue weighted by atomic mass is 16.6. The summed E-state index contributed by atoms with van der Waals surface area (Å²) >= 11 is 0. The van der Waals surface area contributed by atoms with Gasteiger partial charge in [-0.2, -0.15) is 0 Å². The van der Waals surface area contributed by atoms with Crippen molar-refractivity contribution in [1.82, 2.24) is 10.2 Å². The van der Waals surface area contributed by atoms with Gasteiger partial charge >= 0.3 is 5.97 Å². The number of nitrogens with one attached hydrogen (secondary N) is 1. The van der Waals surface area contributed by atoms with Gasteiger partial charge in [-0.3, -0.25) is 10.1 Å². The Morgan fingerprint density at radius 2 is 2.12 bits per heavy atom. The maximum absolute atomic E-state index is 12.8. The minimum Gasteiger partial charge on any atom is -0.504 e. The van der Waals surface area contributed by atoms with Gasteiger partial charge in [-0.1, -0.05) is 6.07 Å². The molecule has 2 unspecified atom stereocenters. The first-order valence-electron chi connectivity index (χ1n) is 11.9. The van der Waals surface area contributed by atoms with Crippen molar-refractivity contribution in [3.8, 4) is 11.5 Å². The second-order valence-corrected chi connectivity index (χ2v) is 11.1. The second kappa shape index (κ2) is 7.57. The molecule has 2 fully saturated rings. The maximum atomic E-state index is 12.8. The highest BCUT2D eigenvalue weighted by Gasteiger charge is 2.73. The van der Waals surface area contributed by atoms with E-state index < -0.39 is 28.6 Å². The SMILES string of the molecule is CO[C@@]12CC[C@@H](N[C@@H](CO)C(=O)OC(C)(C)C)[C@@H]3Oc4c(O)ccc5c4C31CCN(C)C2C5. The van der Waals surface area contributed by atoms with E-state index in [1.54, 1.807) is 13.2 Å². The molecule has 0 radical (unpaired) electrons. The van der Waals surface area contributed by atoms with Crippen molar-refractivity contribution in [2.45, 2.75) is 87.3 Å². The fourth-order valence-corrected chi connectivity index (χ4v) is 7.14. The zero-order valence-corrected chi connectivity index (χ0v) is 20.2. The average molecular weight is 461 g/mol. The summed E-state index contributed by atoms with van der Waals surface area (Å²) in [6.07, 6.45) is 2.85. The lowest BCUT2D eigenvalue weighted by atomic mass is 9.48. The number of rotatable bonds is 5. The Kier molecular flexibility index (Phi) is 5.25. The first kappa shape index (κ1) is 22.9. The molecule has 8 nitrogen and oxygen atoms in total. The van der Waals surface area contributed by atoms with Crippen LogP contribution in [0.2, 0.25) is 0 Å². The lowest BCUT2D eigenvalue weighted by molar-refractivity contribution is -0.204. The van der Waals surface area contributed by atoms with Crippen LogP contribution >= 0.6 is 0 Å². The Bertz CT molecular complexity index is 961. The van der Waals surface area contributed by atoms with E-state index in [4.69, 9.17) is 14.2 Å². The number of phenols is 1. The number of hydrogen-bond acceptors (Lipinski definition) is 8. The summed E-state index contributed by atoms with van der Waals surface area (Å²) in [7, 11) is 3.95. The number of hydrogen-bond donors (Lipinski definition) is 3. The third-order valence-corrected chi connectivity index (χ3v) is 8.34. The van der Waals surface area contributed by atoms with E-state index >= 15 is 0 Å². The van der Waals surface area contributed by atoms with Crippen LogP contribution < -0.4 is 10.1 Å². The molecule has 5 rings (SSSR count). The lowest BCUT2D eigenvalue weighted by Gasteiger charge is -2.65. The number of carbonyl (C=O) groups is 1. The van der Waals surface area contributed by atoms with Crippen molar-refractivity contribution in [2.75, 3.05) is 27.3 Å². The molecule has 0 aromatic heterocycles. The van der Waals surface area contributed by atoms with E-state index in [-0.39, 0.29) is 30.5 Å². The van der Waals surface area contributed by atoms with Gasteiger partial charge < -0.3 is 29.3 Å². The molecule has 182 valence electrons. The summed E-state index contributed by atoms with van der Waals surface area (Å²) in [5.41, 5.74) is 0.734. The van der Waals surface area contributed by atoms with E-state index in [1.807, 2.05) is 26.8 Å². The number of carbonyl (C=O) groups excluding carboxylic acids is 1. The molecule has 1 aromatic rings. The number of likely N-dealkylation sites (N-methyl/N-ethyl adjacent to an activating group) is 1. The van der Waals surface area contributed by atoms with Crippen LogP contribution in [0.15, 0.2) is 12.1 Å². The molecule has 1 spiro atoms. The number of aromatic hydroxyl groups is 1. The highest BCUT2D eigenvalue weighted by molar-refractivity contribution is 5.76. The van der Waals surface area contributed by atoms with Crippen LogP contribution in [0.4, 0.5) is 0 Å². The summed E-state index contributed by atoms with van der Waals surface area (Å²) in [6.45, 7) is 5.97. The number of methoxy groups -OCH3 is 1. The maximum Gasteiger partial charge on any atom is 0.326 e. The van der Waals surface area contributed by atoms with Crippen molar-refractivity contribution < 1.29 is 29.2 Å². The Labute approximate surface area is 195 Å². The van der Waals surface area contributed by atoms with Gasteiger partial charge in [-0.15, -0.1) is 0 Å². The molecule has 2 bridgehead atoms. The van der Waals surface area contributed by atoms with Crippen LogP contribution in [0.5, 0.6) is 11.5 Å². The Morgan fingerprint density at radius 1 is 1.36 bits per heavy atom. The summed E-state index contributed by atoms with van der Waals surface area (Å²) in [5, 5.41) is 24.1. The molecule has 0 amide bonds. The van der Waals surface area contributed by atoms with E-state index in [2.05, 4.69) is 17.3 Å². The monoisotopic (exact) mass is 460 g/mol. The van der Waals surface area contributed by atoms with Crippen LogP contribution in [-0.4, -0.2) is 83.8 Å². The number of esters is 1. The van der Waals surface area contributed by atoms with Gasteiger partial charge in [0, 0.05) is 24.8 Å². The molecule has 2 aliphatic heterocycles. The van der Waals surface area contributed by atoms with Crippen molar-refractivity contribution in [2.24, 2.45) is 0 Å². The highest BCUT2D eigenvalue weighted by Crippen LogP contribution is 2.66. The topological polar surface area (TPSA) is 100 Å². The molecule has 2 heterocycles. The number of piperidine rings is 1. The summed E-state index contributed by atoms with van der Waals surface area (Å²) in [6, 6.07) is 2.87. The van der Waals surface area contributed by atoms with Crippen LogP contribution in [0.1, 0.15) is 51.2 Å². The van der Waals surface area contributed by atoms with Crippen molar-refractivity contribution >= 4 is 5.97 Å². The van der Waals surface area contributed by atoms with E-state index in [0.29, 0.717) is 12.2 Å². The quantitative estimate of drug-likeness (QED) is 0.569. The van der Waals surface area contributed by atoms with E-state index in [9.17, 15) is 15.0 Å². The first-order chi connectivity index (χ1) is 15.6. The zero-order valence-electron chi connectivity index (χ0n) is 20.2. The van der Waals surface area contributed by atoms with Crippen LogP contribution in [0.3, 0.4) is 0 Å². The third-order valence-electron chi connectivity index (χ3n) is 8.34. The van der Waals surface area contributed by atoms with Crippen LogP contribution in [-0.2, 0) is 26.1 Å². The van der Waals surface area contributed by atoms with Gasteiger partial charge in [0.05, 0.1) is 17.6 Å². The van der Waals surface area contributed by atoms with Gasteiger partial charge in [0.1, 0.15) is 17.7 Å². The molecular weight excluding hydrogens is 424 g/mol. The summed E-state index contributed by atoms with van der Waals surface area (Å²) in [4.78, 5) is 15.2. The van der Waals surface area contributed by atoms with Crippen molar-refractivity contribution in [3.63, 3.8) is 0 Å². The molecule has 4 aliphatic rings. The molecule has 8 heteroatoms. The fourth-order valence-electron chi connectivity index (χ4n) is 7.14. The number of nitrogens with zero attached hydrogens (tertiary/aromatic N) is 1. The molecule has 3 N–H and O–H groups in total. The number of likely N-dealkylation sites (tertiary alicyclic amines) is 1. The normalized spacial score (nSPS) is 35.5. The van der Waals surface area contributed by atoms with Gasteiger partial charge in [0.25, 0.3) is 0 Å². The second-order valence-electron chi connectivity index (χ2n) is 11.1. The predicted octanol–water partition coefficient (Wildman–Crippen LogP) is 1.49. The molecule has 1 saturated carbocycles. The Balaban J connectivity index is 1.56. The van der Waals surface area contributed by atoms with E-state index in [0.717, 1.165) is 31.4 Å². The Morgan fingerprint density at radius 3 is 2.79 bits per heavy atom. The number of aliphatic hydroxyl groups is 1. The van der Waals surface area contributed by atoms with Crippen LogP contribution in [0, 0.1) is 0 Å². The largest absolute Gasteiger partial charge is 0.504 e. The summed E-state index contributed by atoms with van der Waals surface area (Å²) < 4.78 is 18.5. The van der Waals surface area contributed by atoms with Crippen molar-refractivity contribution in [3.05, 3.63) is 23.3 Å². The first-order valence-corrected chi connectivity index (χ1v) is 11.9. The van der Waals surface area contributed by atoms with Gasteiger partial charge in [0.15, 0.2) is 11.5 Å². The van der Waals surface area contributed by atoms with Gasteiger partial charge in [0.2, 0.25) is 0 Å². The molecule has 33 heavy (non-hydrogen) atoms. The minimum absolute atomic E-state index is 0.143. The van der Waals surface area contributed by atoms with Gasteiger partial charge in [-0.25, -0.2) is 0 Å². The predicted molar refractivity (Wildman–Crippen MR) is 122 cm³/mol. The number of ether oxygens (including phenoxy) is 3. The van der Waals surface area contributed by atoms with Gasteiger partial charge in [-0.05, 0) is 71.7 Å². The Hall–Kier alpha value is -1.87. The minimum atomic E-state index is -0.855. The van der Waals surface area contributed by atoms with Crippen molar-refractivity contribution in [1.29, 1.82) is 0 Å². The standard InChI is InChI=1S/C25H36N2O6/c1-23(2,3)33-22(30)16(13-28)26-15-8-9-25(31-5)18-12-14-6-7-17(29)20-19(14)24(25,21(15)32-20)10-11-27(18)4/h6-7,15-16,18,21,26,28-29H,8-13H2,1-5H3/t15-,16+,18?,21+,24?,25-/m1/s1. The van der Waals surface area contributed by atoms with Crippen LogP contribution in [0.25, 0.3) is 0 Å². The van der Waals surface area contributed by atoms with E-state index in [1.165, 1.54) is 5.56 Å². The smallest absolute Gasteiger partial charge is 0.326 e. The zero-order chi connectivity index (χ0) is 23.8. The molecule has 1 saturated heterocycles.